The van der Waals surface area contributed by atoms with Crippen LogP contribution in [0.3, 0.4) is 0 Å². The van der Waals surface area contributed by atoms with Gasteiger partial charge in [0.1, 0.15) is 18.0 Å². The Labute approximate surface area is 380 Å². The molecule has 5 amide bonds. The van der Waals surface area contributed by atoms with Crippen molar-refractivity contribution in [3.05, 3.63) is 118 Å². The molecule has 4 aromatic heterocycles. The van der Waals surface area contributed by atoms with Gasteiger partial charge in [-0.25, -0.2) is 14.8 Å². The van der Waals surface area contributed by atoms with Crippen molar-refractivity contribution in [2.45, 2.75) is 99.0 Å². The molecule has 0 saturated carbocycles. The van der Waals surface area contributed by atoms with Crippen LogP contribution in [0.5, 0.6) is 0 Å². The van der Waals surface area contributed by atoms with Crippen LogP contribution in [0, 0.1) is 13.8 Å². The van der Waals surface area contributed by atoms with Gasteiger partial charge >= 0.3 is 6.09 Å². The summed E-state index contributed by atoms with van der Waals surface area (Å²) in [5, 5.41) is 18.0. The molecule has 7 N–H and O–H groups in total. The van der Waals surface area contributed by atoms with Crippen LogP contribution in [0.2, 0.25) is 0 Å². The third kappa shape index (κ3) is 10.6. The number of fused-ring (bicyclic) bond motifs is 2. The number of primary amides is 2. The number of rotatable bonds is 21. The van der Waals surface area contributed by atoms with E-state index in [0.29, 0.717) is 97.1 Å². The maximum atomic E-state index is 14.0. The van der Waals surface area contributed by atoms with Crippen molar-refractivity contribution in [3.63, 3.8) is 0 Å². The fourth-order valence-corrected chi connectivity index (χ4v) is 8.00. The minimum absolute atomic E-state index is 0.149. The second kappa shape index (κ2) is 20.8. The molecule has 0 fully saturated rings. The first kappa shape index (κ1) is 46.2. The highest BCUT2D eigenvalue weighted by Gasteiger charge is 2.24. The molecule has 0 spiro atoms. The van der Waals surface area contributed by atoms with Crippen molar-refractivity contribution in [3.8, 4) is 0 Å². The monoisotopic (exact) mass is 897 g/mol. The summed E-state index contributed by atoms with van der Waals surface area (Å²) < 4.78 is 12.5. The standard InChI is InChI=1S/C47H55N13O6/c1-5-22-57-37-19-17-32(41(48)61)26-35(37)52-46(57)54-44(64)40-34(30(4)56-59(40)6-2)16-11-8-12-24-60-39(25-29(3)55-60)43(63)53-45-51-36-27-33(42(49)62)18-20-38(36)58(45)23-13-21-50-47(65)66-28-31-14-9-7-10-15-31/h7,9-10,14-15,17-20,25-27H,5-6,8,11-13,16,21-24,28H2,1-4H3,(H2,48,61)(H2,49,62)(H,50,65)(H,51,53,63)(H,52,54,64). The second-order valence-corrected chi connectivity index (χ2v) is 16.0. The number of unbranched alkanes of at least 4 members (excludes halogenated alkanes) is 2. The lowest BCUT2D eigenvalue weighted by atomic mass is 10.0. The van der Waals surface area contributed by atoms with Gasteiger partial charge in [0, 0.05) is 49.4 Å². The smallest absolute Gasteiger partial charge is 0.407 e. The average Bonchev–Trinajstić information content (AvgIpc) is 4.04. The van der Waals surface area contributed by atoms with Gasteiger partial charge in [0.2, 0.25) is 23.7 Å². The van der Waals surface area contributed by atoms with Crippen LogP contribution in [0.15, 0.2) is 72.8 Å². The molecule has 19 heteroatoms. The number of aromatic nitrogens is 8. The van der Waals surface area contributed by atoms with Crippen molar-refractivity contribution in [2.24, 2.45) is 11.5 Å². The number of hydrogen-bond donors (Lipinski definition) is 5. The molecule has 0 saturated heterocycles. The number of nitrogens with zero attached hydrogens (tertiary/aromatic N) is 8. The van der Waals surface area contributed by atoms with Gasteiger partial charge in [0.15, 0.2) is 0 Å². The molecule has 3 aromatic carbocycles. The fraction of sp³-hybridized carbons (Fsp3) is 0.340. The van der Waals surface area contributed by atoms with Crippen LogP contribution in [0.4, 0.5) is 16.7 Å². The molecule has 0 aliphatic carbocycles. The Balaban J connectivity index is 0.982. The van der Waals surface area contributed by atoms with E-state index in [1.165, 1.54) is 0 Å². The van der Waals surface area contributed by atoms with E-state index in [4.69, 9.17) is 16.2 Å². The van der Waals surface area contributed by atoms with Crippen LogP contribution >= 0.6 is 0 Å². The molecule has 7 aromatic rings. The van der Waals surface area contributed by atoms with Crippen molar-refractivity contribution >= 4 is 63.7 Å². The van der Waals surface area contributed by atoms with Crippen molar-refractivity contribution in [2.75, 3.05) is 17.2 Å². The van der Waals surface area contributed by atoms with Gasteiger partial charge in [-0.05, 0) is 101 Å². The minimum atomic E-state index is -0.602. The van der Waals surface area contributed by atoms with E-state index in [9.17, 15) is 24.0 Å². The Bertz CT molecular complexity index is 2910. The average molecular weight is 898 g/mol. The van der Waals surface area contributed by atoms with E-state index in [-0.39, 0.29) is 24.0 Å². The summed E-state index contributed by atoms with van der Waals surface area (Å²) in [5.74, 6) is -1.26. The summed E-state index contributed by atoms with van der Waals surface area (Å²) in [6, 6.07) is 21.1. The molecule has 0 bridgehead atoms. The van der Waals surface area contributed by atoms with E-state index in [0.717, 1.165) is 41.6 Å². The molecular weight excluding hydrogens is 843 g/mol. The number of ether oxygens (including phenoxy) is 1. The normalized spacial score (nSPS) is 11.3. The largest absolute Gasteiger partial charge is 0.445 e. The van der Waals surface area contributed by atoms with Gasteiger partial charge in [-0.15, -0.1) is 0 Å². The Kier molecular flexibility index (Phi) is 14.5. The lowest BCUT2D eigenvalue weighted by Crippen LogP contribution is -2.26. The van der Waals surface area contributed by atoms with E-state index in [1.807, 2.05) is 67.2 Å². The van der Waals surface area contributed by atoms with Crippen LogP contribution in [-0.4, -0.2) is 74.9 Å². The lowest BCUT2D eigenvalue weighted by molar-refractivity contribution is 0.0992. The number of imidazole rings is 2. The minimum Gasteiger partial charge on any atom is -0.445 e. The summed E-state index contributed by atoms with van der Waals surface area (Å²) >= 11 is 0. The lowest BCUT2D eigenvalue weighted by Gasteiger charge is -2.12. The van der Waals surface area contributed by atoms with Gasteiger partial charge < -0.3 is 30.7 Å². The zero-order valence-electron chi connectivity index (χ0n) is 37.6. The Morgan fingerprint density at radius 1 is 0.682 bits per heavy atom. The third-order valence-corrected chi connectivity index (χ3v) is 11.2. The number of aryl methyl sites for hydroxylation is 6. The van der Waals surface area contributed by atoms with Crippen LogP contribution in [-0.2, 0) is 43.9 Å². The summed E-state index contributed by atoms with van der Waals surface area (Å²) in [6.07, 6.45) is 3.57. The van der Waals surface area contributed by atoms with E-state index in [1.54, 1.807) is 51.8 Å². The van der Waals surface area contributed by atoms with Crippen LogP contribution < -0.4 is 27.4 Å². The molecular formula is C47H55N13O6. The molecule has 344 valence electrons. The molecule has 0 aliphatic rings. The van der Waals surface area contributed by atoms with Gasteiger partial charge in [-0.1, -0.05) is 43.7 Å². The molecule has 0 radical (unpaired) electrons. The maximum Gasteiger partial charge on any atom is 0.407 e. The number of nitrogens with two attached hydrogens (primary N) is 2. The second-order valence-electron chi connectivity index (χ2n) is 16.0. The molecule has 19 nitrogen and oxygen atoms in total. The molecule has 7 rings (SSSR count). The molecule has 66 heavy (non-hydrogen) atoms. The van der Waals surface area contributed by atoms with Gasteiger partial charge in [-0.3, -0.25) is 39.2 Å². The first-order chi connectivity index (χ1) is 31.8. The molecule has 4 heterocycles. The first-order valence-electron chi connectivity index (χ1n) is 22.1. The predicted octanol–water partition coefficient (Wildman–Crippen LogP) is 6.26. The summed E-state index contributed by atoms with van der Waals surface area (Å²) in [4.78, 5) is 73.5. The molecule has 0 atom stereocenters. The topological polar surface area (TPSA) is 254 Å². The van der Waals surface area contributed by atoms with Gasteiger partial charge in [0.25, 0.3) is 11.8 Å². The Hall–Kier alpha value is -7.83. The van der Waals surface area contributed by atoms with Crippen molar-refractivity contribution < 1.29 is 28.7 Å². The van der Waals surface area contributed by atoms with Gasteiger partial charge in [-0.2, -0.15) is 10.2 Å². The van der Waals surface area contributed by atoms with Crippen molar-refractivity contribution in [1.82, 2.24) is 44.0 Å². The fourth-order valence-electron chi connectivity index (χ4n) is 8.00. The zero-order chi connectivity index (χ0) is 46.9. The van der Waals surface area contributed by atoms with E-state index < -0.39 is 23.8 Å². The van der Waals surface area contributed by atoms with E-state index in [2.05, 4.69) is 36.1 Å². The summed E-state index contributed by atoms with van der Waals surface area (Å²) in [6.45, 7) is 10.1. The number of amides is 5. The van der Waals surface area contributed by atoms with Crippen LogP contribution in [0.25, 0.3) is 22.1 Å². The zero-order valence-corrected chi connectivity index (χ0v) is 37.6. The highest BCUT2D eigenvalue weighted by atomic mass is 16.5. The molecule has 0 unspecified atom stereocenters. The number of benzene rings is 3. The van der Waals surface area contributed by atoms with E-state index >= 15 is 0 Å². The third-order valence-electron chi connectivity index (χ3n) is 11.2. The SMILES string of the molecule is CCCn1c(NC(=O)c2c(CCCCCn3nc(C)cc3C(=O)Nc3nc4cc(C(N)=O)ccc4n3CCCNC(=O)OCc3ccccc3)c(C)nn2CC)nc2cc(C(N)=O)ccc21. The number of carbonyl (C=O) groups excluding carboxylic acids is 5. The highest BCUT2D eigenvalue weighted by molar-refractivity contribution is 6.05. The quantitative estimate of drug-likeness (QED) is 0.0506. The number of nitrogens with one attached hydrogen (secondary N) is 3. The summed E-state index contributed by atoms with van der Waals surface area (Å²) in [5.41, 5.74) is 18.2. The van der Waals surface area contributed by atoms with Gasteiger partial charge in [0.05, 0.1) is 33.5 Å². The Morgan fingerprint density at radius 2 is 1.32 bits per heavy atom. The number of hydrogen-bond acceptors (Lipinski definition) is 10. The maximum absolute atomic E-state index is 14.0. The van der Waals surface area contributed by atoms with Crippen LogP contribution in [0.1, 0.15) is 110 Å². The highest BCUT2D eigenvalue weighted by Crippen LogP contribution is 2.26. The predicted molar refractivity (Wildman–Crippen MR) is 249 cm³/mol. The first-order valence-corrected chi connectivity index (χ1v) is 22.1. The van der Waals surface area contributed by atoms with Crippen molar-refractivity contribution in [1.29, 1.82) is 0 Å². The summed E-state index contributed by atoms with van der Waals surface area (Å²) in [7, 11) is 0. The number of alkyl carbamates (subject to hydrolysis) is 1. The number of anilines is 2. The number of carbonyl (C=O) groups is 5. The molecule has 0 aliphatic heterocycles. The Morgan fingerprint density at radius 3 is 1.94 bits per heavy atom.